The molecule has 0 saturated carbocycles. The molecule has 4 N–H and O–H groups in total. The summed E-state index contributed by atoms with van der Waals surface area (Å²) in [5, 5.41) is 17.8. The molecule has 8 heteroatoms. The number of aromatic nitrogens is 2. The Kier molecular flexibility index (Phi) is 8.14. The third kappa shape index (κ3) is 6.80. The molecule has 0 atom stereocenters. The summed E-state index contributed by atoms with van der Waals surface area (Å²) in [6.45, 7) is 3.56. The van der Waals surface area contributed by atoms with Gasteiger partial charge in [0.15, 0.2) is 0 Å². The summed E-state index contributed by atoms with van der Waals surface area (Å²) in [4.78, 5) is 30.8. The van der Waals surface area contributed by atoms with Gasteiger partial charge in [-0.1, -0.05) is 43.7 Å². The maximum atomic E-state index is 11.7. The second-order valence-corrected chi connectivity index (χ2v) is 7.28. The number of amides is 1. The Bertz CT molecular complexity index is 1030. The molecule has 2 heterocycles. The minimum atomic E-state index is -0.950. The molecule has 0 fully saturated rings. The number of para-hydroxylation sites is 1. The van der Waals surface area contributed by atoms with E-state index >= 15 is 0 Å². The van der Waals surface area contributed by atoms with Crippen molar-refractivity contribution in [3.8, 4) is 0 Å². The van der Waals surface area contributed by atoms with E-state index in [0.29, 0.717) is 18.8 Å². The highest BCUT2D eigenvalue weighted by Gasteiger charge is 2.08. The molecule has 1 aliphatic heterocycles. The van der Waals surface area contributed by atoms with Crippen molar-refractivity contribution in [2.75, 3.05) is 16.0 Å². The van der Waals surface area contributed by atoms with Crippen LogP contribution in [0.2, 0.25) is 0 Å². The van der Waals surface area contributed by atoms with Gasteiger partial charge in [-0.25, -0.2) is 9.78 Å². The molecule has 1 amide bonds. The highest BCUT2D eigenvalue weighted by molar-refractivity contribution is 5.89. The fraction of sp³-hybridized carbons (Fsp3) is 0.250. The van der Waals surface area contributed by atoms with Gasteiger partial charge in [0.25, 0.3) is 0 Å². The van der Waals surface area contributed by atoms with E-state index in [0.717, 1.165) is 24.9 Å². The molecule has 0 unspecified atom stereocenters. The summed E-state index contributed by atoms with van der Waals surface area (Å²) in [5.74, 6) is -0.201. The fourth-order valence-corrected chi connectivity index (χ4v) is 2.93. The Labute approximate surface area is 187 Å². The van der Waals surface area contributed by atoms with Crippen molar-refractivity contribution >= 4 is 29.3 Å². The van der Waals surface area contributed by atoms with Crippen LogP contribution in [0.3, 0.4) is 0 Å². The summed E-state index contributed by atoms with van der Waals surface area (Å²) < 4.78 is 0. The SMILES string of the molecule is CCCCC(=O)Nc1nccc(NCc2ccc(C(=O)O)cc2)n1.c1ccc2c(c1)CN2. The molecule has 8 nitrogen and oxygen atoms in total. The van der Waals surface area contributed by atoms with Crippen LogP contribution < -0.4 is 16.0 Å². The molecule has 0 radical (unpaired) electrons. The first-order valence-corrected chi connectivity index (χ1v) is 10.6. The van der Waals surface area contributed by atoms with E-state index in [2.05, 4.69) is 44.1 Å². The monoisotopic (exact) mass is 433 g/mol. The van der Waals surface area contributed by atoms with E-state index in [1.54, 1.807) is 36.5 Å². The van der Waals surface area contributed by atoms with Gasteiger partial charge in [-0.15, -0.1) is 0 Å². The lowest BCUT2D eigenvalue weighted by Crippen LogP contribution is -2.14. The number of carbonyl (C=O) groups is 2. The molecule has 2 aromatic carbocycles. The Morgan fingerprint density at radius 2 is 1.88 bits per heavy atom. The maximum absolute atomic E-state index is 11.7. The number of carbonyl (C=O) groups excluding carboxylic acids is 1. The van der Waals surface area contributed by atoms with E-state index in [4.69, 9.17) is 5.11 Å². The third-order valence-corrected chi connectivity index (χ3v) is 4.83. The Morgan fingerprint density at radius 3 is 2.47 bits per heavy atom. The lowest BCUT2D eigenvalue weighted by molar-refractivity contribution is -0.116. The third-order valence-electron chi connectivity index (χ3n) is 4.83. The van der Waals surface area contributed by atoms with Gasteiger partial charge in [0.2, 0.25) is 11.9 Å². The first-order chi connectivity index (χ1) is 15.5. The fourth-order valence-electron chi connectivity index (χ4n) is 2.93. The maximum Gasteiger partial charge on any atom is 0.335 e. The molecule has 0 spiro atoms. The number of nitrogens with one attached hydrogen (secondary N) is 3. The molecular formula is C24H27N5O3. The molecule has 4 rings (SSSR count). The molecule has 32 heavy (non-hydrogen) atoms. The molecule has 0 aliphatic carbocycles. The number of aromatic carboxylic acids is 1. The lowest BCUT2D eigenvalue weighted by Gasteiger charge is -2.19. The van der Waals surface area contributed by atoms with Gasteiger partial charge >= 0.3 is 5.97 Å². The van der Waals surface area contributed by atoms with Crippen LogP contribution in [0.4, 0.5) is 17.5 Å². The zero-order valence-corrected chi connectivity index (χ0v) is 18.0. The normalized spacial score (nSPS) is 11.0. The predicted molar refractivity (Wildman–Crippen MR) is 125 cm³/mol. The summed E-state index contributed by atoms with van der Waals surface area (Å²) in [5.41, 5.74) is 3.91. The van der Waals surface area contributed by atoms with Gasteiger partial charge in [-0.05, 0) is 41.8 Å². The second kappa shape index (κ2) is 11.5. The van der Waals surface area contributed by atoms with Crippen molar-refractivity contribution in [2.45, 2.75) is 39.3 Å². The largest absolute Gasteiger partial charge is 0.478 e. The molecule has 0 bridgehead atoms. The van der Waals surface area contributed by atoms with Crippen molar-refractivity contribution in [3.63, 3.8) is 0 Å². The number of carboxylic acid groups (broad SMARTS) is 1. The van der Waals surface area contributed by atoms with E-state index in [1.165, 1.54) is 11.3 Å². The van der Waals surface area contributed by atoms with E-state index in [9.17, 15) is 9.59 Å². The number of unbranched alkanes of at least 4 members (excludes halogenated alkanes) is 1. The second-order valence-electron chi connectivity index (χ2n) is 7.28. The zero-order valence-electron chi connectivity index (χ0n) is 18.0. The average Bonchev–Trinajstić information content (AvgIpc) is 2.78. The predicted octanol–water partition coefficient (Wildman–Crippen LogP) is 4.53. The number of fused-ring (bicyclic) bond motifs is 1. The Morgan fingerprint density at radius 1 is 1.09 bits per heavy atom. The summed E-state index contributed by atoms with van der Waals surface area (Å²) in [6.07, 6.45) is 3.80. The summed E-state index contributed by atoms with van der Waals surface area (Å²) in [6, 6.07) is 16.6. The average molecular weight is 434 g/mol. The highest BCUT2D eigenvalue weighted by atomic mass is 16.4. The van der Waals surface area contributed by atoms with Crippen LogP contribution in [-0.4, -0.2) is 27.0 Å². The lowest BCUT2D eigenvalue weighted by atomic mass is 10.1. The standard InChI is InChI=1S/C17H20N4O3.C7H7N/c1-2-3-4-15(22)21-17-18-10-9-14(20-17)19-11-12-5-7-13(8-6-12)16(23)24;1-2-4-7-6(3-1)5-8-7/h5-10H,2-4,11H2,1H3,(H,23,24)(H2,18,19,20,21,22);1-4,8H,5H2. The first kappa shape index (κ1) is 22.7. The van der Waals surface area contributed by atoms with E-state index in [1.807, 2.05) is 13.0 Å². The van der Waals surface area contributed by atoms with Crippen LogP contribution in [-0.2, 0) is 17.9 Å². The number of rotatable bonds is 8. The smallest absolute Gasteiger partial charge is 0.335 e. The van der Waals surface area contributed by atoms with Crippen molar-refractivity contribution in [3.05, 3.63) is 77.5 Å². The quantitative estimate of drug-likeness (QED) is 0.412. The number of nitrogens with zero attached hydrogens (tertiary/aromatic N) is 2. The highest BCUT2D eigenvalue weighted by Crippen LogP contribution is 2.23. The number of carboxylic acids is 1. The summed E-state index contributed by atoms with van der Waals surface area (Å²) >= 11 is 0. The molecular weight excluding hydrogens is 406 g/mol. The van der Waals surface area contributed by atoms with Gasteiger partial charge < -0.3 is 15.7 Å². The molecule has 1 aliphatic rings. The molecule has 1 aromatic heterocycles. The van der Waals surface area contributed by atoms with Crippen LogP contribution in [0.25, 0.3) is 0 Å². The number of benzene rings is 2. The van der Waals surface area contributed by atoms with Gasteiger partial charge in [0.05, 0.1) is 5.56 Å². The van der Waals surface area contributed by atoms with Gasteiger partial charge in [0, 0.05) is 31.4 Å². The minimum Gasteiger partial charge on any atom is -0.478 e. The van der Waals surface area contributed by atoms with Gasteiger partial charge in [-0.3, -0.25) is 10.1 Å². The molecule has 3 aromatic rings. The summed E-state index contributed by atoms with van der Waals surface area (Å²) in [7, 11) is 0. The molecule has 0 saturated heterocycles. The number of hydrogen-bond donors (Lipinski definition) is 4. The van der Waals surface area contributed by atoms with Crippen LogP contribution in [0, 0.1) is 0 Å². The van der Waals surface area contributed by atoms with Crippen LogP contribution >= 0.6 is 0 Å². The molecule has 166 valence electrons. The van der Waals surface area contributed by atoms with Gasteiger partial charge in [-0.2, -0.15) is 4.98 Å². The van der Waals surface area contributed by atoms with E-state index < -0.39 is 5.97 Å². The van der Waals surface area contributed by atoms with Crippen LogP contribution in [0.1, 0.15) is 47.7 Å². The van der Waals surface area contributed by atoms with E-state index in [-0.39, 0.29) is 17.4 Å². The van der Waals surface area contributed by atoms with Crippen molar-refractivity contribution in [1.82, 2.24) is 9.97 Å². The minimum absolute atomic E-state index is 0.0988. The topological polar surface area (TPSA) is 116 Å². The van der Waals surface area contributed by atoms with Crippen molar-refractivity contribution in [2.24, 2.45) is 0 Å². The van der Waals surface area contributed by atoms with Crippen molar-refractivity contribution < 1.29 is 14.7 Å². The number of hydrogen-bond acceptors (Lipinski definition) is 6. The van der Waals surface area contributed by atoms with Crippen LogP contribution in [0.15, 0.2) is 60.8 Å². The van der Waals surface area contributed by atoms with Crippen LogP contribution in [0.5, 0.6) is 0 Å². The number of anilines is 3. The van der Waals surface area contributed by atoms with Crippen molar-refractivity contribution in [1.29, 1.82) is 0 Å². The first-order valence-electron chi connectivity index (χ1n) is 10.6. The van der Waals surface area contributed by atoms with Gasteiger partial charge in [0.1, 0.15) is 5.82 Å². The zero-order chi connectivity index (χ0) is 22.8. The Hall–Kier alpha value is -3.94. The Balaban J connectivity index is 0.000000297.